The van der Waals surface area contributed by atoms with Crippen LogP contribution in [0.1, 0.15) is 71.1 Å². The van der Waals surface area contributed by atoms with Crippen molar-refractivity contribution in [2.45, 2.75) is 71.0 Å². The summed E-state index contributed by atoms with van der Waals surface area (Å²) in [5, 5.41) is 21.3. The van der Waals surface area contributed by atoms with E-state index in [-0.39, 0.29) is 0 Å². The molecule has 2 N–H and O–H groups in total. The number of hydrogen-bond donors (Lipinski definition) is 2. The Hall–Kier alpha value is -1.38. The standard InChI is InChI=1S/C21H32BrNO6/c1-5-6-11-28-17-15(22)12-23-16(18(17)27-4)19(29-14(2)25)20(3)9-7-8-10-21(20,26)13-24/h12,19,24,26H,5-11,13H2,1-4H3. The third kappa shape index (κ3) is 4.86. The Morgan fingerprint density at radius 3 is 2.62 bits per heavy atom. The van der Waals surface area contributed by atoms with Crippen molar-refractivity contribution in [1.29, 1.82) is 0 Å². The molecule has 0 aliphatic heterocycles. The normalized spacial score (nSPS) is 25.3. The number of carbonyl (C=O) groups is 1. The van der Waals surface area contributed by atoms with Crippen LogP contribution in [-0.2, 0) is 9.53 Å². The first-order chi connectivity index (χ1) is 13.7. The second-order valence-electron chi connectivity index (χ2n) is 7.86. The maximum Gasteiger partial charge on any atom is 0.303 e. The molecule has 7 nitrogen and oxygen atoms in total. The number of aromatic nitrogens is 1. The number of aliphatic hydroxyl groups excluding tert-OH is 1. The van der Waals surface area contributed by atoms with E-state index in [1.807, 2.05) is 6.92 Å². The van der Waals surface area contributed by atoms with Gasteiger partial charge < -0.3 is 24.4 Å². The molecule has 3 unspecified atom stereocenters. The SMILES string of the molecule is CCCCOc1c(Br)cnc(C(OC(C)=O)C2(C)CCCCC2(O)CO)c1OC. The number of esters is 1. The fourth-order valence-corrected chi connectivity index (χ4v) is 4.42. The van der Waals surface area contributed by atoms with Crippen molar-refractivity contribution in [3.05, 3.63) is 16.4 Å². The predicted molar refractivity (Wildman–Crippen MR) is 112 cm³/mol. The summed E-state index contributed by atoms with van der Waals surface area (Å²) in [6, 6.07) is 0. The Morgan fingerprint density at radius 2 is 2.03 bits per heavy atom. The quantitative estimate of drug-likeness (QED) is 0.413. The number of aliphatic hydroxyl groups is 2. The third-order valence-electron chi connectivity index (χ3n) is 5.89. The van der Waals surface area contributed by atoms with E-state index >= 15 is 0 Å². The molecular weight excluding hydrogens is 442 g/mol. The average Bonchev–Trinajstić information content (AvgIpc) is 2.69. The summed E-state index contributed by atoms with van der Waals surface area (Å²) in [7, 11) is 1.51. The lowest BCUT2D eigenvalue weighted by atomic mass is 9.60. The van der Waals surface area contributed by atoms with Crippen molar-refractivity contribution in [3.63, 3.8) is 0 Å². The molecule has 1 aliphatic carbocycles. The van der Waals surface area contributed by atoms with Crippen LogP contribution >= 0.6 is 15.9 Å². The van der Waals surface area contributed by atoms with Gasteiger partial charge >= 0.3 is 5.97 Å². The van der Waals surface area contributed by atoms with Crippen molar-refractivity contribution in [2.75, 3.05) is 20.3 Å². The van der Waals surface area contributed by atoms with Gasteiger partial charge in [0.2, 0.25) is 0 Å². The average molecular weight is 474 g/mol. The molecule has 2 rings (SSSR count). The number of ether oxygens (including phenoxy) is 3. The van der Waals surface area contributed by atoms with Gasteiger partial charge in [-0.1, -0.05) is 33.1 Å². The highest BCUT2D eigenvalue weighted by atomic mass is 79.9. The summed E-state index contributed by atoms with van der Waals surface area (Å²) >= 11 is 3.46. The monoisotopic (exact) mass is 473 g/mol. The van der Waals surface area contributed by atoms with Gasteiger partial charge in [-0.25, -0.2) is 0 Å². The van der Waals surface area contributed by atoms with E-state index in [1.165, 1.54) is 14.0 Å². The van der Waals surface area contributed by atoms with Crippen molar-refractivity contribution in [2.24, 2.45) is 5.41 Å². The number of methoxy groups -OCH3 is 1. The van der Waals surface area contributed by atoms with Crippen molar-refractivity contribution in [3.8, 4) is 11.5 Å². The van der Waals surface area contributed by atoms with Gasteiger partial charge in [-0.3, -0.25) is 9.78 Å². The molecule has 0 amide bonds. The lowest BCUT2D eigenvalue weighted by Gasteiger charge is -2.50. The van der Waals surface area contributed by atoms with Crippen molar-refractivity contribution < 1.29 is 29.2 Å². The molecule has 1 aliphatic rings. The highest BCUT2D eigenvalue weighted by Gasteiger charge is 2.56. The first-order valence-electron chi connectivity index (χ1n) is 10.1. The Morgan fingerprint density at radius 1 is 1.34 bits per heavy atom. The summed E-state index contributed by atoms with van der Waals surface area (Å²) in [5.74, 6) is 0.339. The first kappa shape index (κ1) is 23.9. The van der Waals surface area contributed by atoms with Gasteiger partial charge in [0.05, 0.1) is 30.4 Å². The Kier molecular flexibility index (Phi) is 8.31. The van der Waals surface area contributed by atoms with E-state index in [4.69, 9.17) is 14.2 Å². The van der Waals surface area contributed by atoms with Gasteiger partial charge in [0.25, 0.3) is 0 Å². The molecule has 1 saturated carbocycles. The van der Waals surface area contributed by atoms with E-state index < -0.39 is 29.7 Å². The first-order valence-corrected chi connectivity index (χ1v) is 10.9. The number of hydrogen-bond acceptors (Lipinski definition) is 7. The van der Waals surface area contributed by atoms with E-state index in [1.54, 1.807) is 6.20 Å². The van der Waals surface area contributed by atoms with E-state index in [0.717, 1.165) is 25.7 Å². The van der Waals surface area contributed by atoms with Crippen LogP contribution in [0.25, 0.3) is 0 Å². The largest absolute Gasteiger partial charge is 0.491 e. The molecule has 1 heterocycles. The minimum atomic E-state index is -1.41. The number of unbranched alkanes of at least 4 members (excludes halogenated alkanes) is 1. The molecule has 1 fully saturated rings. The molecule has 164 valence electrons. The fourth-order valence-electron chi connectivity index (χ4n) is 4.02. The molecule has 0 spiro atoms. The second kappa shape index (κ2) is 10.1. The Labute approximate surface area is 180 Å². The molecular formula is C21H32BrNO6. The van der Waals surface area contributed by atoms with Gasteiger partial charge in [0.15, 0.2) is 17.6 Å². The molecule has 8 heteroatoms. The second-order valence-corrected chi connectivity index (χ2v) is 8.71. The molecule has 3 atom stereocenters. The fraction of sp³-hybridized carbons (Fsp3) is 0.714. The number of carbonyl (C=O) groups excluding carboxylic acids is 1. The van der Waals surface area contributed by atoms with Crippen molar-refractivity contribution >= 4 is 21.9 Å². The van der Waals surface area contributed by atoms with Gasteiger partial charge in [-0.05, 0) is 35.2 Å². The van der Waals surface area contributed by atoms with Crippen LogP contribution in [0.2, 0.25) is 0 Å². The zero-order valence-electron chi connectivity index (χ0n) is 17.7. The van der Waals surface area contributed by atoms with Crippen LogP contribution in [0.3, 0.4) is 0 Å². The molecule has 29 heavy (non-hydrogen) atoms. The zero-order valence-corrected chi connectivity index (χ0v) is 19.3. The minimum Gasteiger partial charge on any atom is -0.491 e. The minimum absolute atomic E-state index is 0.355. The van der Waals surface area contributed by atoms with E-state index in [9.17, 15) is 15.0 Å². The van der Waals surface area contributed by atoms with Crippen LogP contribution in [-0.4, -0.2) is 47.1 Å². The van der Waals surface area contributed by atoms with Gasteiger partial charge in [0, 0.05) is 18.5 Å². The van der Waals surface area contributed by atoms with E-state index in [0.29, 0.717) is 41.1 Å². The van der Waals surface area contributed by atoms with Crippen LogP contribution < -0.4 is 9.47 Å². The number of rotatable bonds is 9. The molecule has 0 aromatic carbocycles. The van der Waals surface area contributed by atoms with Crippen LogP contribution in [0.4, 0.5) is 0 Å². The topological polar surface area (TPSA) is 98.1 Å². The Bertz CT molecular complexity index is 715. The molecule has 0 radical (unpaired) electrons. The lowest BCUT2D eigenvalue weighted by molar-refractivity contribution is -0.199. The molecule has 1 aromatic heterocycles. The number of pyridine rings is 1. The molecule has 0 bridgehead atoms. The highest BCUT2D eigenvalue weighted by molar-refractivity contribution is 9.10. The zero-order chi connectivity index (χ0) is 21.7. The maximum atomic E-state index is 12.0. The lowest BCUT2D eigenvalue weighted by Crippen LogP contribution is -2.55. The summed E-state index contributed by atoms with van der Waals surface area (Å²) < 4.78 is 17.9. The summed E-state index contributed by atoms with van der Waals surface area (Å²) in [5.41, 5.74) is -1.98. The van der Waals surface area contributed by atoms with Crippen LogP contribution in [0, 0.1) is 5.41 Å². The molecule has 1 aromatic rings. The summed E-state index contributed by atoms with van der Waals surface area (Å²) in [6.45, 7) is 5.30. The summed E-state index contributed by atoms with van der Waals surface area (Å²) in [6.07, 6.45) is 5.14. The number of halogens is 1. The third-order valence-corrected chi connectivity index (χ3v) is 6.46. The van der Waals surface area contributed by atoms with Gasteiger partial charge in [-0.15, -0.1) is 0 Å². The van der Waals surface area contributed by atoms with Gasteiger partial charge in [0.1, 0.15) is 5.69 Å². The Balaban J connectivity index is 2.60. The van der Waals surface area contributed by atoms with Crippen LogP contribution in [0.15, 0.2) is 10.7 Å². The highest BCUT2D eigenvalue weighted by Crippen LogP contribution is 2.55. The van der Waals surface area contributed by atoms with Crippen molar-refractivity contribution in [1.82, 2.24) is 4.98 Å². The predicted octanol–water partition coefficient (Wildman–Crippen LogP) is 3.94. The van der Waals surface area contributed by atoms with E-state index in [2.05, 4.69) is 27.8 Å². The van der Waals surface area contributed by atoms with Gasteiger partial charge in [-0.2, -0.15) is 0 Å². The maximum absolute atomic E-state index is 12.0. The number of nitrogens with zero attached hydrogens (tertiary/aromatic N) is 1. The van der Waals surface area contributed by atoms with Crippen LogP contribution in [0.5, 0.6) is 11.5 Å². The summed E-state index contributed by atoms with van der Waals surface area (Å²) in [4.78, 5) is 16.5. The molecule has 0 saturated heterocycles. The smallest absolute Gasteiger partial charge is 0.303 e.